The van der Waals surface area contributed by atoms with Crippen molar-refractivity contribution in [2.24, 2.45) is 0 Å². The zero-order valence-electron chi connectivity index (χ0n) is 8.40. The molecule has 3 nitrogen and oxygen atoms in total. The topological polar surface area (TPSA) is 50.2 Å². The van der Waals surface area contributed by atoms with E-state index in [-0.39, 0.29) is 4.88 Å². The number of nitrogens with zero attached hydrogens (tertiary/aromatic N) is 1. The summed E-state index contributed by atoms with van der Waals surface area (Å²) in [7, 11) is 0. The Bertz CT molecular complexity index is 533. The molecule has 1 aromatic heterocycles. The van der Waals surface area contributed by atoms with Crippen molar-refractivity contribution in [3.63, 3.8) is 0 Å². The summed E-state index contributed by atoms with van der Waals surface area (Å²) in [6.45, 7) is 2.00. The predicted octanol–water partition coefficient (Wildman–Crippen LogP) is 3.58. The van der Waals surface area contributed by atoms with Crippen LogP contribution in [0.3, 0.4) is 0 Å². The van der Waals surface area contributed by atoms with Crippen LogP contribution in [-0.4, -0.2) is 16.1 Å². The van der Waals surface area contributed by atoms with E-state index in [4.69, 9.17) is 5.11 Å². The molecule has 2 aromatic rings. The number of aryl methyl sites for hydroxylation is 1. The van der Waals surface area contributed by atoms with Crippen molar-refractivity contribution in [1.29, 1.82) is 0 Å². The standard InChI is InChI=1S/C11H8BrNO2S/c1-6-2-4-7(5-3-6)10-13-9(12)8(16-10)11(14)15/h2-5H,1H3,(H,14,15). The smallest absolute Gasteiger partial charge is 0.348 e. The van der Waals surface area contributed by atoms with Gasteiger partial charge in [0.1, 0.15) is 14.5 Å². The molecular weight excluding hydrogens is 290 g/mol. The van der Waals surface area contributed by atoms with Crippen LogP contribution in [0.1, 0.15) is 15.2 Å². The molecule has 0 saturated heterocycles. The molecule has 0 saturated carbocycles. The Hall–Kier alpha value is -1.20. The molecule has 82 valence electrons. The largest absolute Gasteiger partial charge is 0.477 e. The average Bonchev–Trinajstić information content (AvgIpc) is 2.61. The summed E-state index contributed by atoms with van der Waals surface area (Å²) in [6, 6.07) is 7.83. The molecule has 0 unspecified atom stereocenters. The fourth-order valence-corrected chi connectivity index (χ4v) is 2.76. The van der Waals surface area contributed by atoms with E-state index in [9.17, 15) is 4.79 Å². The molecule has 0 atom stereocenters. The van der Waals surface area contributed by atoms with Gasteiger partial charge in [-0.2, -0.15) is 0 Å². The molecule has 0 aliphatic carbocycles. The van der Waals surface area contributed by atoms with Crippen LogP contribution in [0.15, 0.2) is 28.9 Å². The number of carbonyl (C=O) groups is 1. The van der Waals surface area contributed by atoms with Gasteiger partial charge >= 0.3 is 5.97 Å². The SMILES string of the molecule is Cc1ccc(-c2nc(Br)c(C(=O)O)s2)cc1. The molecule has 0 fully saturated rings. The summed E-state index contributed by atoms with van der Waals surface area (Å²) in [5.41, 5.74) is 2.10. The van der Waals surface area contributed by atoms with Crippen LogP contribution < -0.4 is 0 Å². The van der Waals surface area contributed by atoms with Crippen LogP contribution in [0.5, 0.6) is 0 Å². The molecule has 2 rings (SSSR count). The van der Waals surface area contributed by atoms with E-state index in [0.717, 1.165) is 11.1 Å². The number of aromatic nitrogens is 1. The lowest BCUT2D eigenvalue weighted by Gasteiger charge is -1.95. The number of benzene rings is 1. The Morgan fingerprint density at radius 3 is 2.50 bits per heavy atom. The first-order valence-corrected chi connectivity index (χ1v) is 6.15. The fraction of sp³-hybridized carbons (Fsp3) is 0.0909. The van der Waals surface area contributed by atoms with E-state index >= 15 is 0 Å². The predicted molar refractivity (Wildman–Crippen MR) is 66.9 cm³/mol. The Morgan fingerprint density at radius 2 is 2.00 bits per heavy atom. The molecule has 0 bridgehead atoms. The number of hydrogen-bond acceptors (Lipinski definition) is 3. The van der Waals surface area contributed by atoms with Gasteiger partial charge in [-0.1, -0.05) is 29.8 Å². The van der Waals surface area contributed by atoms with Crippen LogP contribution in [0.2, 0.25) is 0 Å². The summed E-state index contributed by atoms with van der Waals surface area (Å²) in [6.07, 6.45) is 0. The number of carboxylic acid groups (broad SMARTS) is 1. The summed E-state index contributed by atoms with van der Waals surface area (Å²) in [5, 5.41) is 9.62. The number of halogens is 1. The van der Waals surface area contributed by atoms with E-state index in [2.05, 4.69) is 20.9 Å². The molecule has 5 heteroatoms. The number of thiazole rings is 1. The lowest BCUT2D eigenvalue weighted by molar-refractivity contribution is 0.0701. The van der Waals surface area contributed by atoms with Gasteiger partial charge in [0.05, 0.1) is 0 Å². The molecular formula is C11H8BrNO2S. The molecule has 0 aliphatic rings. The third-order valence-corrected chi connectivity index (χ3v) is 4.01. The van der Waals surface area contributed by atoms with Gasteiger partial charge in [-0.05, 0) is 22.9 Å². The number of hydrogen-bond donors (Lipinski definition) is 1. The van der Waals surface area contributed by atoms with Gasteiger partial charge in [0.2, 0.25) is 0 Å². The maximum absolute atomic E-state index is 10.9. The highest BCUT2D eigenvalue weighted by Crippen LogP contribution is 2.31. The van der Waals surface area contributed by atoms with Gasteiger partial charge in [0.25, 0.3) is 0 Å². The zero-order valence-corrected chi connectivity index (χ0v) is 10.8. The van der Waals surface area contributed by atoms with E-state index in [1.807, 2.05) is 31.2 Å². The van der Waals surface area contributed by atoms with Gasteiger partial charge in [-0.25, -0.2) is 9.78 Å². The van der Waals surface area contributed by atoms with Gasteiger partial charge in [-0.3, -0.25) is 0 Å². The highest BCUT2D eigenvalue weighted by Gasteiger charge is 2.15. The number of carboxylic acids is 1. The number of rotatable bonds is 2. The highest BCUT2D eigenvalue weighted by atomic mass is 79.9. The average molecular weight is 298 g/mol. The molecule has 0 spiro atoms. The minimum Gasteiger partial charge on any atom is -0.477 e. The minimum atomic E-state index is -0.956. The third kappa shape index (κ3) is 2.15. The quantitative estimate of drug-likeness (QED) is 0.922. The second-order valence-electron chi connectivity index (χ2n) is 3.31. The maximum atomic E-state index is 10.9. The van der Waals surface area contributed by atoms with Crippen molar-refractivity contribution in [3.8, 4) is 10.6 Å². The van der Waals surface area contributed by atoms with Crippen molar-refractivity contribution >= 4 is 33.2 Å². The normalized spacial score (nSPS) is 10.4. The molecule has 1 N–H and O–H groups in total. The Labute approximate surface area is 105 Å². The van der Waals surface area contributed by atoms with E-state index in [0.29, 0.717) is 9.61 Å². The van der Waals surface area contributed by atoms with Crippen LogP contribution in [0.4, 0.5) is 0 Å². The van der Waals surface area contributed by atoms with Crippen LogP contribution in [0, 0.1) is 6.92 Å². The lowest BCUT2D eigenvalue weighted by Crippen LogP contribution is -1.91. The van der Waals surface area contributed by atoms with Crippen LogP contribution >= 0.6 is 27.3 Å². The van der Waals surface area contributed by atoms with E-state index in [1.165, 1.54) is 11.3 Å². The van der Waals surface area contributed by atoms with E-state index in [1.54, 1.807) is 0 Å². The van der Waals surface area contributed by atoms with Crippen molar-refractivity contribution in [2.75, 3.05) is 0 Å². The molecule has 16 heavy (non-hydrogen) atoms. The van der Waals surface area contributed by atoms with Crippen molar-refractivity contribution in [3.05, 3.63) is 39.3 Å². The molecule has 1 heterocycles. The van der Waals surface area contributed by atoms with Gasteiger partial charge in [0, 0.05) is 5.56 Å². The second-order valence-corrected chi connectivity index (χ2v) is 5.06. The van der Waals surface area contributed by atoms with Crippen LogP contribution in [0.25, 0.3) is 10.6 Å². The maximum Gasteiger partial charge on any atom is 0.348 e. The molecule has 0 aliphatic heterocycles. The first kappa shape index (κ1) is 11.3. The Balaban J connectivity index is 2.45. The summed E-state index contributed by atoms with van der Waals surface area (Å²) in [4.78, 5) is 15.3. The lowest BCUT2D eigenvalue weighted by atomic mass is 10.2. The van der Waals surface area contributed by atoms with E-state index < -0.39 is 5.97 Å². The van der Waals surface area contributed by atoms with Gasteiger partial charge in [0.15, 0.2) is 0 Å². The molecule has 0 radical (unpaired) electrons. The minimum absolute atomic E-state index is 0.232. The molecule has 1 aromatic carbocycles. The van der Waals surface area contributed by atoms with Crippen molar-refractivity contribution in [2.45, 2.75) is 6.92 Å². The second kappa shape index (κ2) is 4.35. The number of aromatic carboxylic acids is 1. The summed E-state index contributed by atoms with van der Waals surface area (Å²) in [5.74, 6) is -0.956. The van der Waals surface area contributed by atoms with Crippen molar-refractivity contribution < 1.29 is 9.90 Å². The van der Waals surface area contributed by atoms with Gasteiger partial charge < -0.3 is 5.11 Å². The third-order valence-electron chi connectivity index (χ3n) is 2.08. The first-order valence-electron chi connectivity index (χ1n) is 4.54. The van der Waals surface area contributed by atoms with Crippen molar-refractivity contribution in [1.82, 2.24) is 4.98 Å². The highest BCUT2D eigenvalue weighted by molar-refractivity contribution is 9.10. The fourth-order valence-electron chi connectivity index (χ4n) is 1.25. The monoisotopic (exact) mass is 297 g/mol. The molecule has 0 amide bonds. The Morgan fingerprint density at radius 1 is 1.38 bits per heavy atom. The zero-order chi connectivity index (χ0) is 11.7. The first-order chi connectivity index (χ1) is 7.58. The summed E-state index contributed by atoms with van der Waals surface area (Å²) >= 11 is 4.32. The van der Waals surface area contributed by atoms with Crippen LogP contribution in [-0.2, 0) is 0 Å². The Kier molecular flexibility index (Phi) is 3.07. The van der Waals surface area contributed by atoms with Gasteiger partial charge in [-0.15, -0.1) is 11.3 Å². The summed E-state index contributed by atoms with van der Waals surface area (Å²) < 4.78 is 0.389.